The first kappa shape index (κ1) is 31.9. The monoisotopic (exact) mass is 646 g/mol. The summed E-state index contributed by atoms with van der Waals surface area (Å²) in [5.41, 5.74) is 1.86. The Morgan fingerprint density at radius 2 is 1.49 bits per heavy atom. The molecule has 228 valence electrons. The number of methoxy groups -OCH3 is 2. The molecule has 4 nitrogen and oxygen atoms in total. The van der Waals surface area contributed by atoms with Crippen LogP contribution in [-0.4, -0.2) is 47.7 Å². The van der Waals surface area contributed by atoms with Gasteiger partial charge in [0.2, 0.25) is 0 Å². The van der Waals surface area contributed by atoms with E-state index in [1.54, 1.807) is 14.2 Å². The fourth-order valence-electron chi connectivity index (χ4n) is 6.74. The van der Waals surface area contributed by atoms with Crippen molar-refractivity contribution in [3.8, 4) is 0 Å². The summed E-state index contributed by atoms with van der Waals surface area (Å²) in [6, 6.07) is 36.5. The van der Waals surface area contributed by atoms with Gasteiger partial charge in [0.15, 0.2) is 0 Å². The molecule has 0 heterocycles. The molecule has 0 aromatic heterocycles. The van der Waals surface area contributed by atoms with Gasteiger partial charge in [0, 0.05) is 0 Å². The minimum atomic E-state index is -0.537. The Morgan fingerprint density at radius 3 is 2.23 bits per heavy atom. The first-order valence-electron chi connectivity index (χ1n) is 15.6. The topological polar surface area (TPSA) is 36.9 Å². The predicted octanol–water partition coefficient (Wildman–Crippen LogP) is 7.82. The molecule has 0 spiro atoms. The molecule has 0 N–H and O–H groups in total. The van der Waals surface area contributed by atoms with Crippen LogP contribution in [0.4, 0.5) is 0 Å². The second kappa shape index (κ2) is 16.0. The third kappa shape index (κ3) is 8.36. The van der Waals surface area contributed by atoms with Crippen molar-refractivity contribution in [2.24, 2.45) is 17.8 Å². The Bertz CT molecular complexity index is 1380. The van der Waals surface area contributed by atoms with Crippen LogP contribution < -0.4 is 4.46 Å². The van der Waals surface area contributed by atoms with Crippen LogP contribution in [0.3, 0.4) is 0 Å². The van der Waals surface area contributed by atoms with Crippen molar-refractivity contribution in [2.45, 2.75) is 63.0 Å². The number of hydrogen-bond acceptors (Lipinski definition) is 4. The summed E-state index contributed by atoms with van der Waals surface area (Å²) in [5.74, 6) is 1.16. The zero-order chi connectivity index (χ0) is 29.9. The SMILES string of the molecule is COC(OC)[C@]1(OCc2ccc3ccccc3c2)C[C@H](C)[C@@H](COCc2ccccc2)C[C@@H]1CCC[Se]c1ccccc1. The standard InChI is InChI=1S/C38H46O4Se/c1-29-25-38(37(39-2)40-3,42-27-31-20-21-32-15-10-11-16-33(32)23-31)35(17-12-22-43-36-18-8-5-9-19-36)24-34(29)28-41-26-30-13-6-4-7-14-30/h4-11,13-16,18-21,23,29,34-35,37H,12,17,22,24-28H2,1-3H3/t29-,34+,35-,38-/m0/s1. The van der Waals surface area contributed by atoms with Crippen LogP contribution in [0.15, 0.2) is 103 Å². The van der Waals surface area contributed by atoms with Crippen LogP contribution >= 0.6 is 0 Å². The van der Waals surface area contributed by atoms with Gasteiger partial charge in [-0.05, 0) is 0 Å². The number of hydrogen-bond donors (Lipinski definition) is 0. The average Bonchev–Trinajstić information content (AvgIpc) is 3.05. The zero-order valence-corrected chi connectivity index (χ0v) is 27.5. The van der Waals surface area contributed by atoms with Gasteiger partial charge in [-0.1, -0.05) is 12.1 Å². The van der Waals surface area contributed by atoms with Gasteiger partial charge < -0.3 is 0 Å². The van der Waals surface area contributed by atoms with E-state index < -0.39 is 11.9 Å². The molecule has 1 saturated carbocycles. The summed E-state index contributed by atoms with van der Waals surface area (Å²) in [6.45, 7) is 4.28. The molecule has 0 bridgehead atoms. The Balaban J connectivity index is 1.33. The van der Waals surface area contributed by atoms with Crippen LogP contribution in [0.1, 0.15) is 43.7 Å². The normalized spacial score (nSPS) is 22.3. The fourth-order valence-corrected chi connectivity index (χ4v) is 8.62. The van der Waals surface area contributed by atoms with Crippen molar-refractivity contribution < 1.29 is 18.9 Å². The van der Waals surface area contributed by atoms with Gasteiger partial charge in [0.1, 0.15) is 0 Å². The molecule has 1 aliphatic rings. The van der Waals surface area contributed by atoms with E-state index in [9.17, 15) is 0 Å². The van der Waals surface area contributed by atoms with Crippen molar-refractivity contribution in [3.05, 3.63) is 114 Å². The van der Waals surface area contributed by atoms with Gasteiger partial charge in [0.25, 0.3) is 0 Å². The fraction of sp³-hybridized carbons (Fsp3) is 0.421. The number of fused-ring (bicyclic) bond motifs is 1. The Kier molecular flexibility index (Phi) is 11.9. The third-order valence-electron chi connectivity index (χ3n) is 9.02. The zero-order valence-electron chi connectivity index (χ0n) is 25.8. The maximum absolute atomic E-state index is 7.08. The van der Waals surface area contributed by atoms with Crippen LogP contribution in [-0.2, 0) is 32.2 Å². The average molecular weight is 646 g/mol. The Hall–Kier alpha value is -2.50. The van der Waals surface area contributed by atoms with E-state index in [1.807, 2.05) is 0 Å². The predicted molar refractivity (Wildman–Crippen MR) is 177 cm³/mol. The van der Waals surface area contributed by atoms with Crippen molar-refractivity contribution in [3.63, 3.8) is 0 Å². The maximum atomic E-state index is 7.08. The van der Waals surface area contributed by atoms with Gasteiger partial charge in [-0.25, -0.2) is 0 Å². The van der Waals surface area contributed by atoms with Crippen molar-refractivity contribution >= 4 is 30.2 Å². The molecule has 5 rings (SSSR count). The molecule has 0 radical (unpaired) electrons. The second-order valence-electron chi connectivity index (χ2n) is 11.9. The first-order chi connectivity index (χ1) is 21.1. The molecule has 4 aromatic rings. The summed E-state index contributed by atoms with van der Waals surface area (Å²) < 4.78 is 27.0. The number of benzene rings is 4. The van der Waals surface area contributed by atoms with E-state index in [4.69, 9.17) is 18.9 Å². The molecule has 0 amide bonds. The van der Waals surface area contributed by atoms with Crippen LogP contribution in [0.5, 0.6) is 0 Å². The van der Waals surface area contributed by atoms with Gasteiger partial charge in [-0.2, -0.15) is 0 Å². The Labute approximate surface area is 264 Å². The van der Waals surface area contributed by atoms with Crippen LogP contribution in [0, 0.1) is 17.8 Å². The third-order valence-corrected chi connectivity index (χ3v) is 11.3. The van der Waals surface area contributed by atoms with Gasteiger partial charge in [-0.3, -0.25) is 0 Å². The molecular weight excluding hydrogens is 599 g/mol. The summed E-state index contributed by atoms with van der Waals surface area (Å²) in [5, 5.41) is 3.69. The van der Waals surface area contributed by atoms with Gasteiger partial charge in [-0.15, -0.1) is 0 Å². The van der Waals surface area contributed by atoms with Gasteiger partial charge in [0.05, 0.1) is 0 Å². The van der Waals surface area contributed by atoms with E-state index >= 15 is 0 Å². The minimum absolute atomic E-state index is 0.297. The Morgan fingerprint density at radius 1 is 0.791 bits per heavy atom. The van der Waals surface area contributed by atoms with E-state index in [0.29, 0.717) is 45.9 Å². The summed E-state index contributed by atoms with van der Waals surface area (Å²) in [4.78, 5) is 0. The van der Waals surface area contributed by atoms with Crippen LogP contribution in [0.2, 0.25) is 5.32 Å². The van der Waals surface area contributed by atoms with Crippen LogP contribution in [0.25, 0.3) is 10.8 Å². The number of ether oxygens (including phenoxy) is 4. The van der Waals surface area contributed by atoms with Crippen molar-refractivity contribution in [1.82, 2.24) is 0 Å². The summed E-state index contributed by atoms with van der Waals surface area (Å²) in [6.07, 6.45) is 3.71. The molecule has 1 fully saturated rings. The van der Waals surface area contributed by atoms with E-state index in [2.05, 4.69) is 110 Å². The molecule has 4 aromatic carbocycles. The first-order valence-corrected chi connectivity index (χ1v) is 17.6. The van der Waals surface area contributed by atoms with E-state index in [-0.39, 0.29) is 0 Å². The molecule has 43 heavy (non-hydrogen) atoms. The van der Waals surface area contributed by atoms with E-state index in [1.165, 1.54) is 31.7 Å². The summed E-state index contributed by atoms with van der Waals surface area (Å²) in [7, 11) is 3.51. The van der Waals surface area contributed by atoms with Gasteiger partial charge >= 0.3 is 253 Å². The molecule has 1 aliphatic carbocycles. The van der Waals surface area contributed by atoms with Crippen molar-refractivity contribution in [2.75, 3.05) is 20.8 Å². The number of rotatable bonds is 15. The quantitative estimate of drug-likeness (QED) is 0.0751. The van der Waals surface area contributed by atoms with Crippen molar-refractivity contribution in [1.29, 1.82) is 0 Å². The molecule has 4 atom stereocenters. The second-order valence-corrected chi connectivity index (χ2v) is 14.4. The molecule has 0 saturated heterocycles. The molecular formula is C38H46O4Se. The van der Waals surface area contributed by atoms with E-state index in [0.717, 1.165) is 32.3 Å². The molecule has 0 aliphatic heterocycles. The summed E-state index contributed by atoms with van der Waals surface area (Å²) >= 11 is 0.470. The molecule has 5 heteroatoms. The molecule has 0 unspecified atom stereocenters.